The molecular formula is C27H23BrCl2N2O5. The molecule has 2 aliphatic heterocycles. The highest BCUT2D eigenvalue weighted by Gasteiger charge is 2.76. The molecule has 0 aromatic heterocycles. The lowest BCUT2D eigenvalue weighted by Gasteiger charge is -2.51. The van der Waals surface area contributed by atoms with Crippen molar-refractivity contribution in [1.82, 2.24) is 9.80 Å². The van der Waals surface area contributed by atoms with Crippen molar-refractivity contribution in [2.24, 2.45) is 17.8 Å². The molecule has 1 saturated carbocycles. The van der Waals surface area contributed by atoms with Crippen LogP contribution in [-0.2, 0) is 19.2 Å². The number of halogens is 3. The number of aromatic hydroxyl groups is 1. The lowest BCUT2D eigenvalue weighted by atomic mass is 9.56. The summed E-state index contributed by atoms with van der Waals surface area (Å²) in [5.74, 6) is -4.83. The van der Waals surface area contributed by atoms with E-state index in [4.69, 9.17) is 23.2 Å². The Labute approximate surface area is 231 Å². The minimum atomic E-state index is -1.95. The molecule has 0 unspecified atom stereocenters. The summed E-state index contributed by atoms with van der Waals surface area (Å²) in [6.07, 6.45) is 2.10. The molecule has 1 N–H and O–H groups in total. The van der Waals surface area contributed by atoms with E-state index in [-0.39, 0.29) is 36.0 Å². The maximum absolute atomic E-state index is 13.9. The standard InChI is InChI=1S/C27H23BrCl2N2O5/c1-2-31-22(34)16-9-8-15-17(19(16)23(31)35)11-26(29)24(36)32(12-28)25(37)27(26,30)21(15)20-14-6-4-3-5-13(14)7-10-18(20)33/h3-8,10,16-17,19,21,33H,2,9,11-12H2,1H3/t16-,17+,19-,21+,26+,27-/m0/s1. The molecule has 2 aliphatic carbocycles. The number of carbonyl (C=O) groups excluding carboxylic acids is 4. The van der Waals surface area contributed by atoms with E-state index in [2.05, 4.69) is 15.9 Å². The predicted molar refractivity (Wildman–Crippen MR) is 141 cm³/mol. The minimum absolute atomic E-state index is 0.0717. The maximum atomic E-state index is 13.9. The third-order valence-corrected chi connectivity index (χ3v) is 10.6. The van der Waals surface area contributed by atoms with E-state index >= 15 is 0 Å². The molecule has 2 heterocycles. The molecule has 192 valence electrons. The third kappa shape index (κ3) is 2.95. The maximum Gasteiger partial charge on any atom is 0.254 e. The number of rotatable bonds is 3. The SMILES string of the molecule is CCN1C(=O)[C@H]2[C@H](CC=C3[C@H]2C[C@@]2(Cl)C(=O)N(CBr)C(=O)[C@@]2(Cl)[C@H]3c2c(O)ccc3ccccc23)C1=O. The van der Waals surface area contributed by atoms with E-state index in [0.29, 0.717) is 22.9 Å². The summed E-state index contributed by atoms with van der Waals surface area (Å²) in [7, 11) is 0. The van der Waals surface area contributed by atoms with E-state index in [9.17, 15) is 24.3 Å². The number of nitrogens with zero attached hydrogens (tertiary/aromatic N) is 2. The fourth-order valence-corrected chi connectivity index (χ4v) is 8.44. The lowest BCUT2D eigenvalue weighted by molar-refractivity contribution is -0.141. The minimum Gasteiger partial charge on any atom is -0.508 e. The van der Waals surface area contributed by atoms with Crippen molar-refractivity contribution >= 4 is 73.5 Å². The molecular weight excluding hydrogens is 583 g/mol. The molecule has 6 atom stereocenters. The number of carbonyl (C=O) groups is 4. The first-order chi connectivity index (χ1) is 17.6. The molecule has 0 bridgehead atoms. The molecule has 4 aliphatic rings. The Balaban J connectivity index is 1.65. The molecule has 2 saturated heterocycles. The molecule has 0 radical (unpaired) electrons. The van der Waals surface area contributed by atoms with E-state index in [1.165, 1.54) is 11.0 Å². The first-order valence-corrected chi connectivity index (χ1v) is 14.1. The molecule has 10 heteroatoms. The topological polar surface area (TPSA) is 95.0 Å². The van der Waals surface area contributed by atoms with Crippen LogP contribution in [0.25, 0.3) is 10.8 Å². The van der Waals surface area contributed by atoms with Gasteiger partial charge in [0.2, 0.25) is 11.8 Å². The molecule has 7 nitrogen and oxygen atoms in total. The highest BCUT2D eigenvalue weighted by molar-refractivity contribution is 9.09. The summed E-state index contributed by atoms with van der Waals surface area (Å²) in [4.78, 5) is 52.5. The monoisotopic (exact) mass is 604 g/mol. The Morgan fingerprint density at radius 2 is 1.73 bits per heavy atom. The summed E-state index contributed by atoms with van der Waals surface area (Å²) in [6, 6.07) is 10.7. The summed E-state index contributed by atoms with van der Waals surface area (Å²) >= 11 is 17.7. The van der Waals surface area contributed by atoms with Gasteiger partial charge in [0.05, 0.1) is 17.3 Å². The number of hydrogen-bond donors (Lipinski definition) is 1. The van der Waals surface area contributed by atoms with Crippen LogP contribution in [0.2, 0.25) is 0 Å². The van der Waals surface area contributed by atoms with Crippen LogP contribution in [0.1, 0.15) is 31.2 Å². The van der Waals surface area contributed by atoms with E-state index in [1.54, 1.807) is 13.0 Å². The van der Waals surface area contributed by atoms with Gasteiger partial charge in [0, 0.05) is 18.0 Å². The fraction of sp³-hybridized carbons (Fsp3) is 0.407. The van der Waals surface area contributed by atoms with Crippen molar-refractivity contribution in [1.29, 1.82) is 0 Å². The van der Waals surface area contributed by atoms with E-state index < -0.39 is 45.2 Å². The quantitative estimate of drug-likeness (QED) is 0.244. The zero-order valence-corrected chi connectivity index (χ0v) is 22.9. The van der Waals surface area contributed by atoms with Crippen LogP contribution in [-0.4, -0.2) is 60.3 Å². The van der Waals surface area contributed by atoms with Gasteiger partial charge in [0.15, 0.2) is 9.75 Å². The van der Waals surface area contributed by atoms with Crippen molar-refractivity contribution in [2.45, 2.75) is 35.4 Å². The van der Waals surface area contributed by atoms with Gasteiger partial charge < -0.3 is 5.11 Å². The van der Waals surface area contributed by atoms with Crippen LogP contribution in [0.4, 0.5) is 0 Å². The van der Waals surface area contributed by atoms with Crippen molar-refractivity contribution < 1.29 is 24.3 Å². The van der Waals surface area contributed by atoms with Gasteiger partial charge in [-0.1, -0.05) is 57.9 Å². The Morgan fingerprint density at radius 3 is 2.43 bits per heavy atom. The lowest BCUT2D eigenvalue weighted by Crippen LogP contribution is -2.60. The average molecular weight is 606 g/mol. The molecule has 2 aromatic carbocycles. The van der Waals surface area contributed by atoms with Gasteiger partial charge in [-0.3, -0.25) is 29.0 Å². The Bertz CT molecular complexity index is 1450. The Morgan fingerprint density at radius 1 is 1.00 bits per heavy atom. The highest BCUT2D eigenvalue weighted by Crippen LogP contribution is 2.66. The molecule has 0 spiro atoms. The number of phenols is 1. The molecule has 4 amide bonds. The summed E-state index contributed by atoms with van der Waals surface area (Å²) in [5, 5.41) is 12.7. The Hall–Kier alpha value is -2.42. The van der Waals surface area contributed by atoms with Gasteiger partial charge >= 0.3 is 0 Å². The molecule has 37 heavy (non-hydrogen) atoms. The van der Waals surface area contributed by atoms with Crippen LogP contribution in [0.15, 0.2) is 48.0 Å². The van der Waals surface area contributed by atoms with Gasteiger partial charge in [0.25, 0.3) is 11.8 Å². The number of likely N-dealkylation sites (tertiary alicyclic amines) is 2. The van der Waals surface area contributed by atoms with Crippen LogP contribution < -0.4 is 0 Å². The van der Waals surface area contributed by atoms with Crippen molar-refractivity contribution in [3.63, 3.8) is 0 Å². The largest absolute Gasteiger partial charge is 0.508 e. The van der Waals surface area contributed by atoms with Crippen LogP contribution in [0.3, 0.4) is 0 Å². The van der Waals surface area contributed by atoms with Gasteiger partial charge in [-0.25, -0.2) is 0 Å². The average Bonchev–Trinajstić information content (AvgIpc) is 3.22. The molecule has 3 fully saturated rings. The van der Waals surface area contributed by atoms with Crippen LogP contribution in [0.5, 0.6) is 5.75 Å². The first kappa shape index (κ1) is 24.9. The summed E-state index contributed by atoms with van der Waals surface area (Å²) < 4.78 is 0. The van der Waals surface area contributed by atoms with Gasteiger partial charge in [-0.15, -0.1) is 23.2 Å². The molecule has 2 aromatic rings. The van der Waals surface area contributed by atoms with Gasteiger partial charge in [-0.2, -0.15) is 0 Å². The highest BCUT2D eigenvalue weighted by atomic mass is 79.9. The van der Waals surface area contributed by atoms with Crippen LogP contribution in [0, 0.1) is 17.8 Å². The number of allylic oxidation sites excluding steroid dienone is 2. The summed E-state index contributed by atoms with van der Waals surface area (Å²) in [5.41, 5.74) is 0.948. The second kappa shape index (κ2) is 8.29. The van der Waals surface area contributed by atoms with Crippen molar-refractivity contribution in [2.75, 3.05) is 12.0 Å². The predicted octanol–water partition coefficient (Wildman–Crippen LogP) is 4.28. The second-order valence-corrected chi connectivity index (χ2v) is 11.9. The number of alkyl halides is 3. The summed E-state index contributed by atoms with van der Waals surface area (Å²) in [6.45, 7) is 2.00. The first-order valence-electron chi connectivity index (χ1n) is 12.2. The number of phenolic OH excluding ortho intramolecular Hbond substituents is 1. The van der Waals surface area contributed by atoms with Gasteiger partial charge in [-0.05, 0) is 42.5 Å². The van der Waals surface area contributed by atoms with Crippen molar-refractivity contribution in [3.05, 3.63) is 53.6 Å². The number of benzene rings is 2. The number of hydrogen-bond acceptors (Lipinski definition) is 5. The second-order valence-electron chi connectivity index (χ2n) is 10.1. The van der Waals surface area contributed by atoms with Crippen molar-refractivity contribution in [3.8, 4) is 5.75 Å². The number of fused-ring (bicyclic) bond motifs is 5. The third-order valence-electron chi connectivity index (χ3n) is 8.66. The number of imide groups is 2. The molecule has 6 rings (SSSR count). The van der Waals surface area contributed by atoms with E-state index in [1.807, 2.05) is 30.3 Å². The fourth-order valence-electron chi connectivity index (χ4n) is 7.03. The normalized spacial score (nSPS) is 35.1. The smallest absolute Gasteiger partial charge is 0.254 e. The van der Waals surface area contributed by atoms with Crippen LogP contribution >= 0.6 is 39.1 Å². The van der Waals surface area contributed by atoms with E-state index in [0.717, 1.165) is 10.3 Å². The zero-order valence-electron chi connectivity index (χ0n) is 19.8. The Kier molecular flexibility index (Phi) is 5.58. The van der Waals surface area contributed by atoms with Gasteiger partial charge in [0.1, 0.15) is 5.75 Å². The zero-order chi connectivity index (χ0) is 26.4. The number of amides is 4.